The van der Waals surface area contributed by atoms with E-state index in [1.54, 1.807) is 12.3 Å². The topological polar surface area (TPSA) is 42.0 Å². The maximum atomic E-state index is 12.1. The molecule has 1 aliphatic carbocycles. The number of aryl methyl sites for hydroxylation is 1. The molecule has 1 aromatic heterocycles. The van der Waals surface area contributed by atoms with Gasteiger partial charge >= 0.3 is 6.18 Å². The van der Waals surface area contributed by atoms with Crippen molar-refractivity contribution in [2.75, 3.05) is 0 Å². The monoisotopic (exact) mass is 286 g/mol. The minimum Gasteiger partial charge on any atom is -0.347 e. The van der Waals surface area contributed by atoms with E-state index in [4.69, 9.17) is 0 Å². The number of carbonyl (C=O) groups excluding carboxylic acids is 1. The average molecular weight is 286 g/mol. The van der Waals surface area contributed by atoms with Gasteiger partial charge in [0.15, 0.2) is 0 Å². The van der Waals surface area contributed by atoms with Crippen LogP contribution in [0.1, 0.15) is 43.0 Å². The molecule has 0 aliphatic heterocycles. The van der Waals surface area contributed by atoms with E-state index in [0.29, 0.717) is 5.92 Å². The Morgan fingerprint density at radius 3 is 2.75 bits per heavy atom. The highest BCUT2D eigenvalue weighted by atomic mass is 19.4. The Bertz CT molecular complexity index is 484. The number of nitrogens with zero attached hydrogens (tertiary/aromatic N) is 1. The molecule has 1 saturated carbocycles. The van der Waals surface area contributed by atoms with Crippen LogP contribution in [0.3, 0.4) is 0 Å². The van der Waals surface area contributed by atoms with Crippen LogP contribution >= 0.6 is 0 Å². The molecule has 1 N–H and O–H groups in total. The molecule has 3 nitrogen and oxygen atoms in total. The van der Waals surface area contributed by atoms with Crippen LogP contribution in [-0.4, -0.2) is 17.1 Å². The molecule has 0 unspecified atom stereocenters. The van der Waals surface area contributed by atoms with E-state index in [2.05, 4.69) is 10.3 Å². The summed E-state index contributed by atoms with van der Waals surface area (Å²) < 4.78 is 36.4. The van der Waals surface area contributed by atoms with Gasteiger partial charge in [-0.05, 0) is 37.3 Å². The van der Waals surface area contributed by atoms with Crippen molar-refractivity contribution in [2.45, 2.75) is 44.8 Å². The zero-order valence-corrected chi connectivity index (χ0v) is 11.2. The van der Waals surface area contributed by atoms with E-state index in [9.17, 15) is 18.0 Å². The fourth-order valence-corrected chi connectivity index (χ4v) is 2.16. The van der Waals surface area contributed by atoms with Gasteiger partial charge in [-0.25, -0.2) is 0 Å². The van der Waals surface area contributed by atoms with E-state index < -0.39 is 24.9 Å². The van der Waals surface area contributed by atoms with Crippen LogP contribution in [0.2, 0.25) is 0 Å². The number of halogens is 3. The van der Waals surface area contributed by atoms with Crippen molar-refractivity contribution in [1.82, 2.24) is 10.3 Å². The summed E-state index contributed by atoms with van der Waals surface area (Å²) in [4.78, 5) is 15.9. The van der Waals surface area contributed by atoms with Gasteiger partial charge in [0.2, 0.25) is 5.91 Å². The molecule has 110 valence electrons. The Morgan fingerprint density at radius 1 is 1.50 bits per heavy atom. The molecule has 2 rings (SSSR count). The highest BCUT2D eigenvalue weighted by molar-refractivity contribution is 5.76. The Balaban J connectivity index is 2.00. The van der Waals surface area contributed by atoms with Crippen molar-refractivity contribution >= 4 is 5.91 Å². The van der Waals surface area contributed by atoms with Crippen molar-refractivity contribution in [3.63, 3.8) is 0 Å². The Kier molecular flexibility index (Phi) is 4.30. The Hall–Kier alpha value is -1.59. The van der Waals surface area contributed by atoms with Gasteiger partial charge in [-0.1, -0.05) is 6.07 Å². The van der Waals surface area contributed by atoms with Crippen LogP contribution in [0.25, 0.3) is 0 Å². The number of nitrogens with one attached hydrogen (secondary N) is 1. The predicted octanol–water partition coefficient (Wildman–Crippen LogP) is 3.30. The lowest BCUT2D eigenvalue weighted by Crippen LogP contribution is -2.31. The molecule has 20 heavy (non-hydrogen) atoms. The Morgan fingerprint density at radius 2 is 2.20 bits per heavy atom. The summed E-state index contributed by atoms with van der Waals surface area (Å²) in [5, 5.41) is 2.71. The number of amides is 1. The molecule has 1 heterocycles. The smallest absolute Gasteiger partial charge is 0.347 e. The molecule has 0 saturated heterocycles. The third kappa shape index (κ3) is 4.21. The molecule has 1 fully saturated rings. The van der Waals surface area contributed by atoms with Gasteiger partial charge < -0.3 is 5.32 Å². The normalized spacial score (nSPS) is 16.8. The second-order valence-electron chi connectivity index (χ2n) is 5.20. The highest BCUT2D eigenvalue weighted by Crippen LogP contribution is 2.41. The summed E-state index contributed by atoms with van der Waals surface area (Å²) in [5.74, 6) is -0.275. The van der Waals surface area contributed by atoms with E-state index in [0.717, 1.165) is 24.1 Å². The lowest BCUT2D eigenvalue weighted by atomic mass is 10.0. The van der Waals surface area contributed by atoms with Crippen LogP contribution in [0.5, 0.6) is 0 Å². The van der Waals surface area contributed by atoms with E-state index in [-0.39, 0.29) is 6.04 Å². The molecule has 0 spiro atoms. The fraction of sp³-hybridized carbons (Fsp3) is 0.571. The summed E-state index contributed by atoms with van der Waals surface area (Å²) in [6.45, 7) is 1.89. The van der Waals surface area contributed by atoms with Gasteiger partial charge in [0, 0.05) is 12.6 Å². The van der Waals surface area contributed by atoms with Crippen molar-refractivity contribution in [1.29, 1.82) is 0 Å². The first-order valence-corrected chi connectivity index (χ1v) is 6.64. The lowest BCUT2D eigenvalue weighted by Gasteiger charge is -2.19. The van der Waals surface area contributed by atoms with Gasteiger partial charge in [0.05, 0.1) is 18.2 Å². The molecule has 6 heteroatoms. The van der Waals surface area contributed by atoms with Crippen molar-refractivity contribution in [3.8, 4) is 0 Å². The second kappa shape index (κ2) is 5.81. The van der Waals surface area contributed by atoms with Crippen molar-refractivity contribution < 1.29 is 18.0 Å². The number of alkyl halides is 3. The van der Waals surface area contributed by atoms with Gasteiger partial charge in [-0.15, -0.1) is 0 Å². The number of pyridine rings is 1. The van der Waals surface area contributed by atoms with Crippen LogP contribution < -0.4 is 5.32 Å². The first-order valence-electron chi connectivity index (χ1n) is 6.64. The number of carbonyl (C=O) groups is 1. The van der Waals surface area contributed by atoms with E-state index in [1.807, 2.05) is 13.0 Å². The van der Waals surface area contributed by atoms with Crippen molar-refractivity contribution in [3.05, 3.63) is 29.6 Å². The zero-order chi connectivity index (χ0) is 14.8. The first kappa shape index (κ1) is 14.8. The third-order valence-corrected chi connectivity index (χ3v) is 3.39. The molecule has 0 radical (unpaired) electrons. The third-order valence-electron chi connectivity index (χ3n) is 3.39. The molecular weight excluding hydrogens is 269 g/mol. The molecule has 1 aliphatic rings. The molecule has 1 amide bonds. The minimum absolute atomic E-state index is 0.267. The number of rotatable bonds is 5. The number of hydrogen-bond donors (Lipinski definition) is 1. The highest BCUT2D eigenvalue weighted by Gasteiger charge is 2.35. The molecule has 1 aromatic rings. The predicted molar refractivity (Wildman–Crippen MR) is 67.9 cm³/mol. The zero-order valence-electron chi connectivity index (χ0n) is 11.2. The SMILES string of the molecule is Cc1cccnc1[C@@H](NC(=O)CCC(F)(F)F)C1CC1. The quantitative estimate of drug-likeness (QED) is 0.902. The van der Waals surface area contributed by atoms with Crippen LogP contribution in [0, 0.1) is 12.8 Å². The van der Waals surface area contributed by atoms with Gasteiger partial charge in [0.1, 0.15) is 0 Å². The van der Waals surface area contributed by atoms with Crippen LogP contribution in [0.15, 0.2) is 18.3 Å². The fourth-order valence-electron chi connectivity index (χ4n) is 2.16. The summed E-state index contributed by atoms with van der Waals surface area (Å²) in [6.07, 6.45) is -2.33. The summed E-state index contributed by atoms with van der Waals surface area (Å²) in [5.41, 5.74) is 1.70. The molecule has 0 bridgehead atoms. The first-order chi connectivity index (χ1) is 9.37. The molecular formula is C14H17F3N2O. The van der Waals surface area contributed by atoms with E-state index in [1.165, 1.54) is 0 Å². The summed E-state index contributed by atoms with van der Waals surface area (Å²) in [7, 11) is 0. The average Bonchev–Trinajstić information content (AvgIpc) is 3.18. The van der Waals surface area contributed by atoms with Crippen molar-refractivity contribution in [2.24, 2.45) is 5.92 Å². The lowest BCUT2D eigenvalue weighted by molar-refractivity contribution is -0.144. The number of hydrogen-bond acceptors (Lipinski definition) is 2. The Labute approximate surface area is 115 Å². The summed E-state index contributed by atoms with van der Waals surface area (Å²) in [6, 6.07) is 3.42. The second-order valence-corrected chi connectivity index (χ2v) is 5.20. The standard InChI is InChI=1S/C14H17F3N2O/c1-9-3-2-8-18-12(9)13(10-4-5-10)19-11(20)6-7-14(15,16)17/h2-3,8,10,13H,4-7H2,1H3,(H,19,20)/t13-/m0/s1. The van der Waals surface area contributed by atoms with Gasteiger partial charge in [-0.3, -0.25) is 9.78 Å². The van der Waals surface area contributed by atoms with Crippen LogP contribution in [-0.2, 0) is 4.79 Å². The van der Waals surface area contributed by atoms with Gasteiger partial charge in [0.25, 0.3) is 0 Å². The van der Waals surface area contributed by atoms with E-state index >= 15 is 0 Å². The largest absolute Gasteiger partial charge is 0.389 e. The van der Waals surface area contributed by atoms with Gasteiger partial charge in [-0.2, -0.15) is 13.2 Å². The number of aromatic nitrogens is 1. The summed E-state index contributed by atoms with van der Waals surface area (Å²) >= 11 is 0. The molecule has 1 atom stereocenters. The maximum absolute atomic E-state index is 12.1. The van der Waals surface area contributed by atoms with Crippen LogP contribution in [0.4, 0.5) is 13.2 Å². The minimum atomic E-state index is -4.30. The maximum Gasteiger partial charge on any atom is 0.389 e. The molecule has 0 aromatic carbocycles.